The lowest BCUT2D eigenvalue weighted by molar-refractivity contribution is 0.0342. The number of phenols is 1. The van der Waals surface area contributed by atoms with Gasteiger partial charge in [-0.15, -0.1) is 0 Å². The summed E-state index contributed by atoms with van der Waals surface area (Å²) in [5.41, 5.74) is 9.63. The van der Waals surface area contributed by atoms with E-state index in [9.17, 15) is 19.5 Å². The lowest BCUT2D eigenvalue weighted by Crippen LogP contribution is -2.37. The van der Waals surface area contributed by atoms with Gasteiger partial charge < -0.3 is 25.2 Å². The molecule has 3 aromatic rings. The molecule has 2 aliphatic heterocycles. The third-order valence-corrected chi connectivity index (χ3v) is 7.48. The van der Waals surface area contributed by atoms with Crippen molar-refractivity contribution >= 4 is 23.7 Å². The van der Waals surface area contributed by atoms with Gasteiger partial charge in [0, 0.05) is 45.8 Å². The van der Waals surface area contributed by atoms with E-state index in [1.807, 2.05) is 13.8 Å². The zero-order valence-electron chi connectivity index (χ0n) is 23.9. The van der Waals surface area contributed by atoms with E-state index < -0.39 is 12.0 Å². The molecule has 5 N–H and O–H groups in total. The minimum Gasteiger partial charge on any atom is -0.507 e. The number of phenolic OH excluding ortho intramolecular Hbond substituents is 1. The second kappa shape index (κ2) is 11.8. The molecule has 1 fully saturated rings. The minimum absolute atomic E-state index is 0.0535. The summed E-state index contributed by atoms with van der Waals surface area (Å²) in [6.45, 7) is 8.69. The maximum atomic E-state index is 13.6. The Kier molecular flexibility index (Phi) is 8.16. The van der Waals surface area contributed by atoms with Gasteiger partial charge in [-0.2, -0.15) is 0 Å². The summed E-state index contributed by atoms with van der Waals surface area (Å²) in [6.07, 6.45) is 1.07. The fourth-order valence-corrected chi connectivity index (χ4v) is 5.16. The summed E-state index contributed by atoms with van der Waals surface area (Å²) >= 11 is 0. The molecule has 0 atom stereocenters. The van der Waals surface area contributed by atoms with Gasteiger partial charge in [-0.3, -0.25) is 14.7 Å². The van der Waals surface area contributed by atoms with Gasteiger partial charge in [0.05, 0.1) is 18.8 Å². The number of aromatic hydroxyl groups is 1. The number of hydrogen-bond acceptors (Lipinski definition) is 10. The van der Waals surface area contributed by atoms with Crippen LogP contribution in [-0.2, 0) is 24.4 Å². The van der Waals surface area contributed by atoms with Crippen molar-refractivity contribution in [1.82, 2.24) is 24.4 Å². The van der Waals surface area contributed by atoms with E-state index in [1.54, 1.807) is 11.0 Å². The number of esters is 1. The number of ether oxygens (including phenoxy) is 2. The number of nitrogens with zero attached hydrogens (tertiary/aromatic N) is 5. The standard InChI is InChI=1S/C29H35N7O6/c1-17(2)21-11-22(23(37)12-24(21)42-28(39)25-26(30)36(16-32-25)29(40)33(3)31)27(38)35-14-19-5-4-18(10-20(19)15-35)13-34-6-8-41-9-7-34/h4-5,10-12,16-17,37H,6-9,13-15,30-31H2,1-3H3. The SMILES string of the molecule is CC(C)c1cc(C(=O)N2Cc3ccc(CN4CCOCC4)cc3C2)c(O)cc1OC(=O)c1ncn(C(=O)N(C)N)c1N. The maximum Gasteiger partial charge on any atom is 0.366 e. The number of morpholine rings is 1. The van der Waals surface area contributed by atoms with Crippen LogP contribution in [0, 0.1) is 0 Å². The molecule has 0 aliphatic carbocycles. The Balaban J connectivity index is 1.33. The average Bonchev–Trinajstić information content (AvgIpc) is 3.56. The highest BCUT2D eigenvalue weighted by Crippen LogP contribution is 2.36. The molecule has 2 aromatic carbocycles. The Bertz CT molecular complexity index is 1530. The monoisotopic (exact) mass is 577 g/mol. The van der Waals surface area contributed by atoms with E-state index in [2.05, 4.69) is 28.1 Å². The van der Waals surface area contributed by atoms with E-state index in [1.165, 1.54) is 18.7 Å². The van der Waals surface area contributed by atoms with Gasteiger partial charge in [0.1, 0.15) is 23.6 Å². The lowest BCUT2D eigenvalue weighted by atomic mass is 9.98. The first kappa shape index (κ1) is 29.0. The van der Waals surface area contributed by atoms with Crippen molar-refractivity contribution in [3.63, 3.8) is 0 Å². The second-order valence-corrected chi connectivity index (χ2v) is 10.8. The van der Waals surface area contributed by atoms with Gasteiger partial charge in [-0.25, -0.2) is 25.0 Å². The first-order valence-corrected chi connectivity index (χ1v) is 13.7. The van der Waals surface area contributed by atoms with Gasteiger partial charge in [-0.05, 0) is 34.2 Å². The van der Waals surface area contributed by atoms with Crippen LogP contribution < -0.4 is 16.3 Å². The summed E-state index contributed by atoms with van der Waals surface area (Å²) in [6, 6.07) is 8.40. The number of carbonyl (C=O) groups excluding carboxylic acids is 3. The van der Waals surface area contributed by atoms with Gasteiger partial charge in [-0.1, -0.05) is 32.0 Å². The third-order valence-electron chi connectivity index (χ3n) is 7.48. The zero-order valence-corrected chi connectivity index (χ0v) is 23.9. The van der Waals surface area contributed by atoms with Crippen LogP contribution in [-0.4, -0.2) is 80.7 Å². The van der Waals surface area contributed by atoms with Crippen molar-refractivity contribution < 1.29 is 29.0 Å². The van der Waals surface area contributed by atoms with Crippen molar-refractivity contribution in [3.8, 4) is 11.5 Å². The van der Waals surface area contributed by atoms with E-state index in [4.69, 9.17) is 21.1 Å². The topological polar surface area (TPSA) is 169 Å². The second-order valence-electron chi connectivity index (χ2n) is 10.8. The quantitative estimate of drug-likeness (QED) is 0.130. The number of carbonyl (C=O) groups is 3. The molecule has 0 spiro atoms. The third kappa shape index (κ3) is 5.79. The number of amides is 2. The predicted molar refractivity (Wildman–Crippen MR) is 153 cm³/mol. The Morgan fingerprint density at radius 2 is 1.83 bits per heavy atom. The van der Waals surface area contributed by atoms with Crippen LogP contribution in [0.25, 0.3) is 0 Å². The van der Waals surface area contributed by atoms with Crippen molar-refractivity contribution in [3.05, 3.63) is 70.2 Å². The number of imidazole rings is 1. The molecule has 0 unspecified atom stereocenters. The molecule has 2 amide bonds. The van der Waals surface area contributed by atoms with Crippen molar-refractivity contribution in [2.24, 2.45) is 5.84 Å². The van der Waals surface area contributed by atoms with Crippen molar-refractivity contribution in [2.45, 2.75) is 39.4 Å². The number of anilines is 1. The fourth-order valence-electron chi connectivity index (χ4n) is 5.16. The molecule has 0 bridgehead atoms. The Labute approximate surface area is 243 Å². The normalized spacial score (nSPS) is 15.1. The number of rotatable bonds is 6. The predicted octanol–water partition coefficient (Wildman–Crippen LogP) is 2.28. The molecule has 2 aliphatic rings. The molecule has 0 saturated carbocycles. The van der Waals surface area contributed by atoms with Gasteiger partial charge in [0.2, 0.25) is 0 Å². The van der Waals surface area contributed by atoms with Gasteiger partial charge >= 0.3 is 12.0 Å². The smallest absolute Gasteiger partial charge is 0.366 e. The average molecular weight is 578 g/mol. The van der Waals surface area contributed by atoms with E-state index >= 15 is 0 Å². The summed E-state index contributed by atoms with van der Waals surface area (Å²) in [4.78, 5) is 46.6. The molecule has 0 radical (unpaired) electrons. The van der Waals surface area contributed by atoms with Crippen molar-refractivity contribution in [2.75, 3.05) is 39.1 Å². The zero-order chi connectivity index (χ0) is 30.1. The fraction of sp³-hybridized carbons (Fsp3) is 0.379. The molecular weight excluding hydrogens is 542 g/mol. The van der Waals surface area contributed by atoms with E-state index in [0.29, 0.717) is 18.7 Å². The number of benzene rings is 2. The molecule has 3 heterocycles. The number of nitrogens with two attached hydrogens (primary N) is 2. The van der Waals surface area contributed by atoms with Crippen LogP contribution in [0.5, 0.6) is 11.5 Å². The largest absolute Gasteiger partial charge is 0.507 e. The first-order valence-electron chi connectivity index (χ1n) is 13.7. The Morgan fingerprint density at radius 3 is 2.52 bits per heavy atom. The highest BCUT2D eigenvalue weighted by atomic mass is 16.5. The molecule has 13 nitrogen and oxygen atoms in total. The summed E-state index contributed by atoms with van der Waals surface area (Å²) in [7, 11) is 1.32. The molecule has 1 saturated heterocycles. The van der Waals surface area contributed by atoms with Gasteiger partial charge in [0.15, 0.2) is 5.69 Å². The van der Waals surface area contributed by atoms with E-state index in [-0.39, 0.29) is 40.4 Å². The number of fused-ring (bicyclic) bond motifs is 1. The Hall–Kier alpha value is -4.46. The number of hydrazine groups is 1. The number of nitrogen functional groups attached to an aromatic ring is 1. The first-order chi connectivity index (χ1) is 20.0. The maximum absolute atomic E-state index is 13.6. The summed E-state index contributed by atoms with van der Waals surface area (Å²) in [5, 5.41) is 11.7. The van der Waals surface area contributed by atoms with Crippen molar-refractivity contribution in [1.29, 1.82) is 0 Å². The molecule has 5 rings (SSSR count). The number of aromatic nitrogens is 2. The highest BCUT2D eigenvalue weighted by Gasteiger charge is 2.29. The van der Waals surface area contributed by atoms with Crippen LogP contribution in [0.2, 0.25) is 0 Å². The lowest BCUT2D eigenvalue weighted by Gasteiger charge is -2.26. The van der Waals surface area contributed by atoms with Gasteiger partial charge in [0.25, 0.3) is 5.91 Å². The van der Waals surface area contributed by atoms with Crippen LogP contribution in [0.15, 0.2) is 36.7 Å². The highest BCUT2D eigenvalue weighted by molar-refractivity contribution is 5.99. The molecule has 1 aromatic heterocycles. The Morgan fingerprint density at radius 1 is 1.12 bits per heavy atom. The van der Waals surface area contributed by atoms with Crippen LogP contribution in [0.1, 0.15) is 62.9 Å². The number of hydrogen-bond donors (Lipinski definition) is 3. The van der Waals surface area contributed by atoms with Crippen LogP contribution in [0.4, 0.5) is 10.6 Å². The summed E-state index contributed by atoms with van der Waals surface area (Å²) < 4.78 is 11.9. The van der Waals surface area contributed by atoms with Crippen LogP contribution in [0.3, 0.4) is 0 Å². The van der Waals surface area contributed by atoms with Crippen LogP contribution >= 0.6 is 0 Å². The minimum atomic E-state index is -0.929. The summed E-state index contributed by atoms with van der Waals surface area (Å²) in [5.74, 6) is 3.53. The molecular formula is C29H35N7O6. The molecule has 42 heavy (non-hydrogen) atoms. The van der Waals surface area contributed by atoms with E-state index in [0.717, 1.165) is 59.9 Å². The molecule has 13 heteroatoms. The molecule has 222 valence electrons.